The van der Waals surface area contributed by atoms with E-state index in [1.165, 1.54) is 4.88 Å². The van der Waals surface area contributed by atoms with Gasteiger partial charge in [-0.25, -0.2) is 4.98 Å². The molecule has 1 aliphatic rings. The number of amides is 1. The zero-order valence-corrected chi connectivity index (χ0v) is 14.5. The number of aryl methyl sites for hydroxylation is 3. The molecule has 1 unspecified atom stereocenters. The largest absolute Gasteiger partial charge is 0.338 e. The minimum absolute atomic E-state index is 0.0344. The molecule has 2 aromatic heterocycles. The highest BCUT2D eigenvalue weighted by molar-refractivity contribution is 7.11. The lowest BCUT2D eigenvalue weighted by Crippen LogP contribution is -2.39. The van der Waals surface area contributed by atoms with Crippen LogP contribution in [-0.2, 0) is 7.05 Å². The standard InChI is InChI=1S/C15H19ClN4OS/c1-9-10(2)22-14(17-9)11-5-4-6-20(7-11)15(21)12-8-19(3)18-13(12)16/h8,11H,4-7H2,1-3H3. The normalized spacial score (nSPS) is 18.7. The van der Waals surface area contributed by atoms with Crippen LogP contribution in [0.25, 0.3) is 0 Å². The zero-order chi connectivity index (χ0) is 15.9. The number of aromatic nitrogens is 3. The van der Waals surface area contributed by atoms with E-state index in [0.29, 0.717) is 18.0 Å². The topological polar surface area (TPSA) is 51.0 Å². The van der Waals surface area contributed by atoms with E-state index in [0.717, 1.165) is 30.1 Å². The van der Waals surface area contributed by atoms with Crippen molar-refractivity contribution in [2.75, 3.05) is 13.1 Å². The second kappa shape index (κ2) is 6.01. The molecule has 1 atom stereocenters. The van der Waals surface area contributed by atoms with Crippen LogP contribution in [-0.4, -0.2) is 38.7 Å². The van der Waals surface area contributed by atoms with Crippen LogP contribution in [0.15, 0.2) is 6.20 Å². The Labute approximate surface area is 138 Å². The quantitative estimate of drug-likeness (QED) is 0.845. The van der Waals surface area contributed by atoms with Crippen LogP contribution in [0.5, 0.6) is 0 Å². The molecule has 1 fully saturated rings. The lowest BCUT2D eigenvalue weighted by atomic mass is 9.98. The molecule has 1 aliphatic heterocycles. The fraction of sp³-hybridized carbons (Fsp3) is 0.533. The Morgan fingerprint density at radius 3 is 2.82 bits per heavy atom. The number of halogens is 1. The summed E-state index contributed by atoms with van der Waals surface area (Å²) in [6, 6.07) is 0. The number of carbonyl (C=O) groups is 1. The second-order valence-electron chi connectivity index (χ2n) is 5.79. The maximum Gasteiger partial charge on any atom is 0.258 e. The third-order valence-corrected chi connectivity index (χ3v) is 5.63. The van der Waals surface area contributed by atoms with E-state index in [9.17, 15) is 4.79 Å². The molecule has 1 amide bonds. The molecule has 0 aliphatic carbocycles. The molecule has 3 rings (SSSR count). The summed E-state index contributed by atoms with van der Waals surface area (Å²) in [6.45, 7) is 5.61. The van der Waals surface area contributed by atoms with E-state index >= 15 is 0 Å². The van der Waals surface area contributed by atoms with Crippen LogP contribution >= 0.6 is 22.9 Å². The van der Waals surface area contributed by atoms with Crippen LogP contribution in [0.2, 0.25) is 5.15 Å². The van der Waals surface area contributed by atoms with Gasteiger partial charge in [-0.1, -0.05) is 11.6 Å². The first-order valence-corrected chi connectivity index (χ1v) is 8.57. The van der Waals surface area contributed by atoms with Crippen LogP contribution in [0.4, 0.5) is 0 Å². The smallest absolute Gasteiger partial charge is 0.258 e. The number of piperidine rings is 1. The van der Waals surface area contributed by atoms with Crippen molar-refractivity contribution >= 4 is 28.8 Å². The van der Waals surface area contributed by atoms with Crippen molar-refractivity contribution in [3.8, 4) is 0 Å². The monoisotopic (exact) mass is 338 g/mol. The molecule has 0 saturated carbocycles. The van der Waals surface area contributed by atoms with E-state index in [2.05, 4.69) is 17.0 Å². The summed E-state index contributed by atoms with van der Waals surface area (Å²) in [5.74, 6) is 0.290. The highest BCUT2D eigenvalue weighted by Gasteiger charge is 2.29. The third kappa shape index (κ3) is 2.90. The van der Waals surface area contributed by atoms with Gasteiger partial charge in [0.1, 0.15) is 0 Å². The van der Waals surface area contributed by atoms with E-state index in [-0.39, 0.29) is 11.1 Å². The van der Waals surface area contributed by atoms with E-state index in [1.807, 2.05) is 11.8 Å². The minimum atomic E-state index is -0.0344. The Morgan fingerprint density at radius 1 is 1.45 bits per heavy atom. The lowest BCUT2D eigenvalue weighted by Gasteiger charge is -2.31. The minimum Gasteiger partial charge on any atom is -0.338 e. The van der Waals surface area contributed by atoms with Crippen molar-refractivity contribution in [2.45, 2.75) is 32.6 Å². The van der Waals surface area contributed by atoms with Crippen LogP contribution in [0.1, 0.15) is 44.7 Å². The fourth-order valence-corrected chi connectivity index (χ4v) is 4.11. The summed E-state index contributed by atoms with van der Waals surface area (Å²) in [5.41, 5.74) is 1.58. The van der Waals surface area contributed by atoms with Crippen molar-refractivity contribution in [1.29, 1.82) is 0 Å². The summed E-state index contributed by atoms with van der Waals surface area (Å²) in [7, 11) is 1.77. The molecule has 0 radical (unpaired) electrons. The van der Waals surface area contributed by atoms with Gasteiger partial charge in [-0.3, -0.25) is 9.48 Å². The van der Waals surface area contributed by atoms with Crippen LogP contribution < -0.4 is 0 Å². The Balaban J connectivity index is 1.78. The van der Waals surface area contributed by atoms with Gasteiger partial charge in [0.05, 0.1) is 16.3 Å². The molecular formula is C15H19ClN4OS. The molecule has 1 saturated heterocycles. The van der Waals surface area contributed by atoms with Crippen molar-refractivity contribution in [3.63, 3.8) is 0 Å². The average molecular weight is 339 g/mol. The molecule has 7 heteroatoms. The molecule has 22 heavy (non-hydrogen) atoms. The summed E-state index contributed by atoms with van der Waals surface area (Å²) in [4.78, 5) is 20.5. The molecule has 118 valence electrons. The Hall–Kier alpha value is -1.40. The van der Waals surface area contributed by atoms with Crippen LogP contribution in [0.3, 0.4) is 0 Å². The number of hydrogen-bond acceptors (Lipinski definition) is 4. The summed E-state index contributed by atoms with van der Waals surface area (Å²) in [6.07, 6.45) is 3.76. The predicted octanol–water partition coefficient (Wildman–Crippen LogP) is 3.17. The molecule has 5 nitrogen and oxygen atoms in total. The van der Waals surface area contributed by atoms with Gasteiger partial charge < -0.3 is 4.90 Å². The van der Waals surface area contributed by atoms with E-state index in [4.69, 9.17) is 11.6 Å². The molecule has 0 aromatic carbocycles. The number of hydrogen-bond donors (Lipinski definition) is 0. The Bertz CT molecular complexity index is 689. The zero-order valence-electron chi connectivity index (χ0n) is 13.0. The average Bonchev–Trinajstić information content (AvgIpc) is 3.01. The van der Waals surface area contributed by atoms with Gasteiger partial charge in [0, 0.05) is 37.1 Å². The highest BCUT2D eigenvalue weighted by Crippen LogP contribution is 2.32. The van der Waals surface area contributed by atoms with Gasteiger partial charge in [0.2, 0.25) is 0 Å². The first kappa shape index (κ1) is 15.5. The number of carbonyl (C=O) groups excluding carboxylic acids is 1. The molecular weight excluding hydrogens is 320 g/mol. The fourth-order valence-electron chi connectivity index (χ4n) is 2.81. The predicted molar refractivity (Wildman–Crippen MR) is 87.7 cm³/mol. The first-order valence-electron chi connectivity index (χ1n) is 7.38. The number of rotatable bonds is 2. The number of thiazole rings is 1. The molecule has 3 heterocycles. The van der Waals surface area contributed by atoms with Gasteiger partial charge in [0.15, 0.2) is 5.15 Å². The molecule has 0 bridgehead atoms. The number of nitrogens with zero attached hydrogens (tertiary/aromatic N) is 4. The Morgan fingerprint density at radius 2 is 2.23 bits per heavy atom. The van der Waals surface area contributed by atoms with Gasteiger partial charge in [-0.05, 0) is 26.7 Å². The maximum atomic E-state index is 12.7. The SMILES string of the molecule is Cc1nc(C2CCCN(C(=O)c3cn(C)nc3Cl)C2)sc1C. The van der Waals surface area contributed by atoms with Gasteiger partial charge >= 0.3 is 0 Å². The highest BCUT2D eigenvalue weighted by atomic mass is 35.5. The third-order valence-electron chi connectivity index (χ3n) is 4.12. The number of likely N-dealkylation sites (tertiary alicyclic amines) is 1. The second-order valence-corrected chi connectivity index (χ2v) is 7.38. The van der Waals surface area contributed by atoms with E-state index in [1.54, 1.807) is 29.3 Å². The van der Waals surface area contributed by atoms with Gasteiger partial charge in [-0.15, -0.1) is 11.3 Å². The molecule has 2 aromatic rings. The van der Waals surface area contributed by atoms with Crippen molar-refractivity contribution in [2.24, 2.45) is 7.05 Å². The molecule has 0 spiro atoms. The van der Waals surface area contributed by atoms with Gasteiger partial charge in [0.25, 0.3) is 5.91 Å². The Kier molecular flexibility index (Phi) is 4.23. The summed E-state index contributed by atoms with van der Waals surface area (Å²) >= 11 is 7.79. The van der Waals surface area contributed by atoms with E-state index < -0.39 is 0 Å². The van der Waals surface area contributed by atoms with Gasteiger partial charge in [-0.2, -0.15) is 5.10 Å². The lowest BCUT2D eigenvalue weighted by molar-refractivity contribution is 0.0707. The van der Waals surface area contributed by atoms with Crippen molar-refractivity contribution in [3.05, 3.63) is 32.5 Å². The van der Waals surface area contributed by atoms with Crippen molar-refractivity contribution in [1.82, 2.24) is 19.7 Å². The first-order chi connectivity index (χ1) is 10.5. The van der Waals surface area contributed by atoms with Crippen LogP contribution in [0, 0.1) is 13.8 Å². The molecule has 0 N–H and O–H groups in total. The summed E-state index contributed by atoms with van der Waals surface area (Å²) < 4.78 is 1.57. The summed E-state index contributed by atoms with van der Waals surface area (Å²) in [5, 5.41) is 5.46. The maximum absolute atomic E-state index is 12.7. The van der Waals surface area contributed by atoms with Crippen molar-refractivity contribution < 1.29 is 4.79 Å².